The van der Waals surface area contributed by atoms with Gasteiger partial charge in [0.2, 0.25) is 0 Å². The molecule has 60 valence electrons. The second-order valence-corrected chi connectivity index (χ2v) is 0.316. The molecule has 10 heavy (non-hydrogen) atoms. The summed E-state index contributed by atoms with van der Waals surface area (Å²) in [6.45, 7) is -0.750. The van der Waals surface area contributed by atoms with E-state index in [2.05, 4.69) is 0 Å². The van der Waals surface area contributed by atoms with Crippen molar-refractivity contribution in [3.05, 3.63) is 0 Å². The van der Waals surface area contributed by atoms with Crippen LogP contribution in [0.25, 0.3) is 0 Å². The molecule has 0 aliphatic carbocycles. The molecule has 0 amide bonds. The Balaban J connectivity index is -0.0000000257. The van der Waals surface area contributed by atoms with Gasteiger partial charge in [-0.15, -0.1) is 0 Å². The number of hydrogen-bond acceptors (Lipinski definition) is 3. The van der Waals surface area contributed by atoms with Crippen molar-refractivity contribution in [1.29, 1.82) is 0 Å². The molecule has 0 bridgehead atoms. The Hall–Kier alpha value is -0.252. The van der Waals surface area contributed by atoms with Crippen molar-refractivity contribution < 1.29 is 70.1 Å². The third-order valence-electron chi connectivity index (χ3n) is 0. The first-order valence-corrected chi connectivity index (χ1v) is 1.48. The van der Waals surface area contributed by atoms with Crippen molar-refractivity contribution in [1.82, 2.24) is 0 Å². The molecule has 0 unspecified atom stereocenters. The van der Waals surface area contributed by atoms with Gasteiger partial charge in [0.1, 0.15) is 0 Å². The van der Waals surface area contributed by atoms with Crippen LogP contribution in [0.1, 0.15) is 0 Å². The molecule has 0 heterocycles. The summed E-state index contributed by atoms with van der Waals surface area (Å²) in [5, 5.41) is 20.7. The maximum atomic E-state index is 8.36. The molecule has 0 fully saturated rings. The molecule has 0 aromatic carbocycles. The van der Waals surface area contributed by atoms with Gasteiger partial charge in [0, 0.05) is 40.4 Å². The fourth-order valence-electron chi connectivity index (χ4n) is 0. The van der Waals surface area contributed by atoms with Gasteiger partial charge in [0.05, 0.1) is 0 Å². The maximum absolute atomic E-state index is 8.36. The van der Waals surface area contributed by atoms with Crippen molar-refractivity contribution in [3.63, 3.8) is 0 Å². The number of carbonyl (C=O) groups is 3. The van der Waals surface area contributed by atoms with E-state index < -0.39 is 0 Å². The average Bonchev–Trinajstić information content (AvgIpc) is 1.70. The molecule has 0 aromatic rings. The number of hydrogen-bond donors (Lipinski definition) is 3. The van der Waals surface area contributed by atoms with Crippen molar-refractivity contribution >= 4 is 19.4 Å². The molecule has 0 radical (unpaired) electrons. The molecule has 0 saturated heterocycles. The van der Waals surface area contributed by atoms with E-state index in [1.54, 1.807) is 0 Å². The summed E-state index contributed by atoms with van der Waals surface area (Å²) in [6, 6.07) is 0. The van der Waals surface area contributed by atoms with Crippen LogP contribution in [0.5, 0.6) is 0 Å². The van der Waals surface area contributed by atoms with Gasteiger partial charge in [-0.2, -0.15) is 0 Å². The van der Waals surface area contributed by atoms with Crippen LogP contribution in [0, 0.1) is 40.4 Å². The van der Waals surface area contributed by atoms with Crippen LogP contribution in [-0.4, -0.2) is 34.7 Å². The molecule has 7 heteroatoms. The molecule has 0 rings (SSSR count). The molecule has 0 aromatic heterocycles. The minimum absolute atomic E-state index is 0. The normalized spacial score (nSPS) is 3.60. The first-order chi connectivity index (χ1) is 4.24. The molecular weight excluding hydrogens is 282 g/mol. The van der Waals surface area contributed by atoms with Gasteiger partial charge < -0.3 is 15.3 Å². The van der Waals surface area contributed by atoms with Crippen LogP contribution in [-0.2, 0) is 14.4 Å². The third kappa shape index (κ3) is 5540. The summed E-state index contributed by atoms with van der Waals surface area (Å²) in [5.41, 5.74) is 0. The molecule has 3 N–H and O–H groups in total. The molecule has 0 aliphatic heterocycles. The van der Waals surface area contributed by atoms with Crippen molar-refractivity contribution in [2.75, 3.05) is 0 Å². The third-order valence-corrected chi connectivity index (χ3v) is 0. The topological polar surface area (TPSA) is 112 Å². The van der Waals surface area contributed by atoms with Gasteiger partial charge in [-0.3, -0.25) is 14.4 Å². The largest absolute Gasteiger partial charge is 0.483 e. The van der Waals surface area contributed by atoms with E-state index in [0.29, 0.717) is 0 Å². The van der Waals surface area contributed by atoms with Crippen molar-refractivity contribution in [3.8, 4) is 0 Å². The first kappa shape index (κ1) is 22.6. The zero-order chi connectivity index (χ0) is 8.12. The van der Waals surface area contributed by atoms with Crippen molar-refractivity contribution in [2.24, 2.45) is 0 Å². The van der Waals surface area contributed by atoms with Crippen LogP contribution >= 0.6 is 0 Å². The van der Waals surface area contributed by atoms with Gasteiger partial charge in [0.25, 0.3) is 19.4 Å². The van der Waals surface area contributed by atoms with E-state index in [1.807, 2.05) is 0 Å². The van der Waals surface area contributed by atoms with Gasteiger partial charge in [-0.25, -0.2) is 0 Å². The summed E-state index contributed by atoms with van der Waals surface area (Å²) in [6.07, 6.45) is 0. The van der Waals surface area contributed by atoms with Gasteiger partial charge >= 0.3 is 0 Å². The molecule has 6 nitrogen and oxygen atoms in total. The predicted octanol–water partition coefficient (Wildman–Crippen LogP) is -0.898. The molecular formula is C3H6O6Sm. The zero-order valence-electron chi connectivity index (χ0n) is 4.71. The van der Waals surface area contributed by atoms with Crippen molar-refractivity contribution in [2.45, 2.75) is 0 Å². The minimum atomic E-state index is -0.250. The Kier molecular flexibility index (Phi) is 157. The molecule has 0 atom stereocenters. The Bertz CT molecular complexity index is 49.7. The van der Waals surface area contributed by atoms with Gasteiger partial charge in [-0.05, 0) is 0 Å². The van der Waals surface area contributed by atoms with E-state index in [0.717, 1.165) is 0 Å². The van der Waals surface area contributed by atoms with E-state index in [4.69, 9.17) is 29.7 Å². The summed E-state index contributed by atoms with van der Waals surface area (Å²) in [7, 11) is 0. The fourth-order valence-corrected chi connectivity index (χ4v) is 0. The molecule has 0 aliphatic rings. The zero-order valence-corrected chi connectivity index (χ0v) is 7.33. The predicted molar refractivity (Wildman–Crippen MR) is 26.1 cm³/mol. The standard InChI is InChI=1S/3CH2O2.Sm/c3*2-1-3;/h3*1H,(H,2,3);. The Morgan fingerprint density at radius 2 is 0.700 bits per heavy atom. The SMILES string of the molecule is O=CO.O=CO.O=CO.[Sm]. The van der Waals surface area contributed by atoms with Crippen LogP contribution < -0.4 is 0 Å². The van der Waals surface area contributed by atoms with E-state index >= 15 is 0 Å². The van der Waals surface area contributed by atoms with Crippen LogP contribution in [0.2, 0.25) is 0 Å². The number of carboxylic acid groups (broad SMARTS) is 3. The summed E-state index contributed by atoms with van der Waals surface area (Å²) in [4.78, 5) is 25.1. The van der Waals surface area contributed by atoms with E-state index in [-0.39, 0.29) is 59.8 Å². The summed E-state index contributed by atoms with van der Waals surface area (Å²) in [5.74, 6) is 0. The van der Waals surface area contributed by atoms with Crippen LogP contribution in [0.3, 0.4) is 0 Å². The monoisotopic (exact) mass is 290 g/mol. The quantitative estimate of drug-likeness (QED) is 0.498. The smallest absolute Gasteiger partial charge is 0.290 e. The summed E-state index contributed by atoms with van der Waals surface area (Å²) < 4.78 is 0. The summed E-state index contributed by atoms with van der Waals surface area (Å²) >= 11 is 0. The fraction of sp³-hybridized carbons (Fsp3) is 0. The van der Waals surface area contributed by atoms with Gasteiger partial charge in [-0.1, -0.05) is 0 Å². The number of rotatable bonds is 0. The second kappa shape index (κ2) is 69.6. The van der Waals surface area contributed by atoms with Gasteiger partial charge in [0.15, 0.2) is 0 Å². The Morgan fingerprint density at radius 3 is 0.700 bits per heavy atom. The van der Waals surface area contributed by atoms with Crippen LogP contribution in [0.4, 0.5) is 0 Å². The van der Waals surface area contributed by atoms with E-state index in [9.17, 15) is 0 Å². The van der Waals surface area contributed by atoms with E-state index in [1.165, 1.54) is 0 Å². The van der Waals surface area contributed by atoms with Crippen LogP contribution in [0.15, 0.2) is 0 Å². The average molecular weight is 288 g/mol. The first-order valence-electron chi connectivity index (χ1n) is 1.48. The second-order valence-electron chi connectivity index (χ2n) is 0.316. The molecule has 0 spiro atoms. The Morgan fingerprint density at radius 1 is 0.700 bits per heavy atom. The minimum Gasteiger partial charge on any atom is -0.483 e. The maximum Gasteiger partial charge on any atom is 0.290 e. The Labute approximate surface area is 89.0 Å². The molecule has 0 saturated carbocycles.